The van der Waals surface area contributed by atoms with Crippen molar-refractivity contribution in [3.05, 3.63) is 35.4 Å². The second-order valence-electron chi connectivity index (χ2n) is 6.63. The number of aryl methyl sites for hydroxylation is 1. The molecule has 2 aliphatic rings. The first-order valence-corrected chi connectivity index (χ1v) is 8.25. The van der Waals surface area contributed by atoms with Crippen molar-refractivity contribution in [3.8, 4) is 0 Å². The second kappa shape index (κ2) is 5.45. The Hall–Kier alpha value is -1.35. The summed E-state index contributed by atoms with van der Waals surface area (Å²) >= 11 is 0. The Balaban J connectivity index is 1.90. The number of hydrogen-bond acceptors (Lipinski definition) is 2. The molecular weight excluding hydrogens is 260 g/mol. The molecule has 1 saturated heterocycles. The van der Waals surface area contributed by atoms with Crippen LogP contribution in [0, 0.1) is 12.8 Å². The molecule has 1 atom stereocenters. The van der Waals surface area contributed by atoms with Crippen LogP contribution in [0.1, 0.15) is 56.8 Å². The van der Waals surface area contributed by atoms with Gasteiger partial charge in [-0.2, -0.15) is 0 Å². The lowest BCUT2D eigenvalue weighted by atomic mass is 10.0. The summed E-state index contributed by atoms with van der Waals surface area (Å²) in [6.45, 7) is 7.45. The molecule has 1 aromatic rings. The van der Waals surface area contributed by atoms with Crippen molar-refractivity contribution < 1.29 is 4.79 Å². The van der Waals surface area contributed by atoms with Crippen LogP contribution in [-0.4, -0.2) is 22.9 Å². The summed E-state index contributed by atoms with van der Waals surface area (Å²) in [5, 5.41) is 3.63. The van der Waals surface area contributed by atoms with E-state index < -0.39 is 0 Å². The number of amides is 1. The van der Waals surface area contributed by atoms with Crippen LogP contribution in [0.25, 0.3) is 0 Å². The van der Waals surface area contributed by atoms with Gasteiger partial charge in [0.1, 0.15) is 11.7 Å². The van der Waals surface area contributed by atoms with E-state index in [0.717, 1.165) is 32.2 Å². The standard InChI is InChI=1S/C18H26N2O/c1-4-14(5-2)12-20-16(15-9-7-6-8-13(15)3)19-18(10-11-18)17(20)21/h6-9,14,16,19H,4-5,10-12H2,1-3H3. The first-order chi connectivity index (χ1) is 10.1. The highest BCUT2D eigenvalue weighted by Gasteiger charge is 2.59. The Morgan fingerprint density at radius 1 is 1.29 bits per heavy atom. The fourth-order valence-electron chi connectivity index (χ4n) is 3.43. The summed E-state index contributed by atoms with van der Waals surface area (Å²) in [5.74, 6) is 0.916. The molecule has 0 radical (unpaired) electrons. The minimum atomic E-state index is -0.237. The number of nitrogens with zero attached hydrogens (tertiary/aromatic N) is 1. The predicted molar refractivity (Wildman–Crippen MR) is 84.8 cm³/mol. The van der Waals surface area contributed by atoms with Crippen LogP contribution in [0.4, 0.5) is 0 Å². The van der Waals surface area contributed by atoms with Crippen LogP contribution in [0.2, 0.25) is 0 Å². The minimum Gasteiger partial charge on any atom is -0.321 e. The maximum atomic E-state index is 12.8. The van der Waals surface area contributed by atoms with E-state index in [1.807, 2.05) is 0 Å². The number of nitrogens with one attached hydrogen (secondary N) is 1. The van der Waals surface area contributed by atoms with Crippen molar-refractivity contribution in [1.29, 1.82) is 0 Å². The van der Waals surface area contributed by atoms with Crippen molar-refractivity contribution in [1.82, 2.24) is 10.2 Å². The van der Waals surface area contributed by atoms with E-state index in [1.165, 1.54) is 11.1 Å². The monoisotopic (exact) mass is 286 g/mol. The van der Waals surface area contributed by atoms with Crippen LogP contribution in [0.15, 0.2) is 24.3 Å². The highest BCUT2D eigenvalue weighted by atomic mass is 16.2. The quantitative estimate of drug-likeness (QED) is 0.900. The van der Waals surface area contributed by atoms with Gasteiger partial charge < -0.3 is 4.90 Å². The molecule has 1 saturated carbocycles. The lowest BCUT2D eigenvalue weighted by molar-refractivity contribution is -0.131. The molecule has 1 heterocycles. The van der Waals surface area contributed by atoms with Crippen LogP contribution in [-0.2, 0) is 4.79 Å². The van der Waals surface area contributed by atoms with Gasteiger partial charge in [-0.1, -0.05) is 51.0 Å². The number of carbonyl (C=O) groups excluding carboxylic acids is 1. The zero-order chi connectivity index (χ0) is 15.0. The van der Waals surface area contributed by atoms with Gasteiger partial charge in [0.15, 0.2) is 0 Å². The number of rotatable bonds is 5. The molecule has 3 rings (SSSR count). The van der Waals surface area contributed by atoms with Gasteiger partial charge in [-0.05, 0) is 36.8 Å². The van der Waals surface area contributed by atoms with E-state index in [4.69, 9.17) is 0 Å². The van der Waals surface area contributed by atoms with Gasteiger partial charge in [-0.25, -0.2) is 0 Å². The third kappa shape index (κ3) is 2.48. The van der Waals surface area contributed by atoms with Gasteiger partial charge in [-0.3, -0.25) is 10.1 Å². The highest BCUT2D eigenvalue weighted by molar-refractivity contribution is 5.92. The van der Waals surface area contributed by atoms with Gasteiger partial charge in [-0.15, -0.1) is 0 Å². The highest BCUT2D eigenvalue weighted by Crippen LogP contribution is 2.46. The maximum absolute atomic E-state index is 12.8. The third-order valence-corrected chi connectivity index (χ3v) is 5.24. The van der Waals surface area contributed by atoms with Crippen molar-refractivity contribution in [2.45, 2.75) is 58.2 Å². The van der Waals surface area contributed by atoms with E-state index in [9.17, 15) is 4.79 Å². The van der Waals surface area contributed by atoms with Gasteiger partial charge in [0.25, 0.3) is 0 Å². The van der Waals surface area contributed by atoms with Crippen LogP contribution < -0.4 is 5.32 Å². The normalized spacial score (nSPS) is 23.3. The Labute approximate surface area is 127 Å². The van der Waals surface area contributed by atoms with Gasteiger partial charge in [0.2, 0.25) is 5.91 Å². The molecule has 1 N–H and O–H groups in total. The maximum Gasteiger partial charge on any atom is 0.244 e. The van der Waals surface area contributed by atoms with Gasteiger partial charge >= 0.3 is 0 Å². The Bertz CT molecular complexity index is 532. The molecule has 3 nitrogen and oxygen atoms in total. The zero-order valence-electron chi connectivity index (χ0n) is 13.4. The minimum absolute atomic E-state index is 0.0572. The molecule has 1 aliphatic carbocycles. The molecule has 0 aromatic heterocycles. The van der Waals surface area contributed by atoms with E-state index >= 15 is 0 Å². The second-order valence-corrected chi connectivity index (χ2v) is 6.63. The average Bonchev–Trinajstić information content (AvgIpc) is 3.22. The molecule has 1 spiro atoms. The Morgan fingerprint density at radius 2 is 1.95 bits per heavy atom. The van der Waals surface area contributed by atoms with E-state index in [0.29, 0.717) is 11.8 Å². The molecule has 1 aliphatic heterocycles. The lowest BCUT2D eigenvalue weighted by Crippen LogP contribution is -2.35. The SMILES string of the molecule is CCC(CC)CN1C(=O)C2(CC2)NC1c1ccccc1C. The van der Waals surface area contributed by atoms with Crippen molar-refractivity contribution in [3.63, 3.8) is 0 Å². The zero-order valence-corrected chi connectivity index (χ0v) is 13.4. The van der Waals surface area contributed by atoms with E-state index in [-0.39, 0.29) is 11.7 Å². The van der Waals surface area contributed by atoms with Crippen LogP contribution in [0.3, 0.4) is 0 Å². The molecule has 2 fully saturated rings. The van der Waals surface area contributed by atoms with Crippen LogP contribution >= 0.6 is 0 Å². The fourth-order valence-corrected chi connectivity index (χ4v) is 3.43. The summed E-state index contributed by atoms with van der Waals surface area (Å²) < 4.78 is 0. The fraction of sp³-hybridized carbons (Fsp3) is 0.611. The molecule has 1 amide bonds. The third-order valence-electron chi connectivity index (χ3n) is 5.24. The molecule has 1 unspecified atom stereocenters. The van der Waals surface area contributed by atoms with Crippen molar-refractivity contribution in [2.24, 2.45) is 5.92 Å². The smallest absolute Gasteiger partial charge is 0.244 e. The summed E-state index contributed by atoms with van der Waals surface area (Å²) in [6.07, 6.45) is 4.31. The summed E-state index contributed by atoms with van der Waals surface area (Å²) in [7, 11) is 0. The van der Waals surface area contributed by atoms with Crippen molar-refractivity contribution >= 4 is 5.91 Å². The summed E-state index contributed by atoms with van der Waals surface area (Å²) in [5.41, 5.74) is 2.27. The number of carbonyl (C=O) groups is 1. The topological polar surface area (TPSA) is 32.3 Å². The molecule has 1 aromatic carbocycles. The largest absolute Gasteiger partial charge is 0.321 e. The van der Waals surface area contributed by atoms with E-state index in [2.05, 4.69) is 55.3 Å². The molecule has 0 bridgehead atoms. The van der Waals surface area contributed by atoms with Gasteiger partial charge in [0, 0.05) is 6.54 Å². The summed E-state index contributed by atoms with van der Waals surface area (Å²) in [4.78, 5) is 14.9. The Morgan fingerprint density at radius 3 is 2.52 bits per heavy atom. The first-order valence-electron chi connectivity index (χ1n) is 8.25. The average molecular weight is 286 g/mol. The Kier molecular flexibility index (Phi) is 3.78. The predicted octanol–water partition coefficient (Wildman–Crippen LogP) is 3.39. The molecule has 114 valence electrons. The first kappa shape index (κ1) is 14.6. The molecule has 3 heteroatoms. The number of benzene rings is 1. The van der Waals surface area contributed by atoms with Gasteiger partial charge in [0.05, 0.1) is 0 Å². The molecular formula is C18H26N2O. The number of hydrogen-bond donors (Lipinski definition) is 1. The summed E-state index contributed by atoms with van der Waals surface area (Å²) in [6, 6.07) is 8.42. The van der Waals surface area contributed by atoms with Crippen LogP contribution in [0.5, 0.6) is 0 Å². The lowest BCUT2D eigenvalue weighted by Gasteiger charge is -2.29. The van der Waals surface area contributed by atoms with E-state index in [1.54, 1.807) is 0 Å². The van der Waals surface area contributed by atoms with Crippen molar-refractivity contribution in [2.75, 3.05) is 6.54 Å². The molecule has 21 heavy (non-hydrogen) atoms.